The second-order valence-corrected chi connectivity index (χ2v) is 11.5. The summed E-state index contributed by atoms with van der Waals surface area (Å²) in [6.45, 7) is 2.86. The lowest BCUT2D eigenvalue weighted by molar-refractivity contribution is -0.139. The van der Waals surface area contributed by atoms with Crippen molar-refractivity contribution in [1.29, 1.82) is 0 Å². The fraction of sp³-hybridized carbons (Fsp3) is 0.231. The topological polar surface area (TPSA) is 86.8 Å². The molecular formula is C26H26Cl3N3O4S. The first-order valence-corrected chi connectivity index (χ1v) is 13.8. The molecule has 3 rings (SSSR count). The summed E-state index contributed by atoms with van der Waals surface area (Å²) in [5.74, 6) is -0.999. The zero-order chi connectivity index (χ0) is 27.3. The van der Waals surface area contributed by atoms with Crippen molar-refractivity contribution in [2.75, 3.05) is 17.9 Å². The van der Waals surface area contributed by atoms with E-state index in [2.05, 4.69) is 5.32 Å². The smallest absolute Gasteiger partial charge is 0.264 e. The number of sulfonamides is 1. The lowest BCUT2D eigenvalue weighted by atomic mass is 10.1. The second kappa shape index (κ2) is 12.2. The Morgan fingerprint density at radius 3 is 2.11 bits per heavy atom. The van der Waals surface area contributed by atoms with Gasteiger partial charge in [-0.05, 0) is 67.9 Å². The number of carbonyl (C=O) groups excluding carboxylic acids is 2. The van der Waals surface area contributed by atoms with Crippen LogP contribution in [-0.4, -0.2) is 44.8 Å². The summed E-state index contributed by atoms with van der Waals surface area (Å²) in [6.07, 6.45) is 0. The third-order valence-corrected chi connectivity index (χ3v) is 8.53. The van der Waals surface area contributed by atoms with Crippen LogP contribution in [-0.2, 0) is 26.2 Å². The van der Waals surface area contributed by atoms with E-state index >= 15 is 0 Å². The van der Waals surface area contributed by atoms with Gasteiger partial charge in [0.05, 0.1) is 20.6 Å². The molecule has 0 aliphatic carbocycles. The summed E-state index contributed by atoms with van der Waals surface area (Å²) in [7, 11) is -2.68. The molecule has 0 saturated heterocycles. The fourth-order valence-corrected chi connectivity index (χ4v) is 5.46. The van der Waals surface area contributed by atoms with E-state index in [1.54, 1.807) is 49.4 Å². The minimum absolute atomic E-state index is 0.00332. The highest BCUT2D eigenvalue weighted by Crippen LogP contribution is 2.27. The van der Waals surface area contributed by atoms with Gasteiger partial charge in [-0.1, -0.05) is 58.6 Å². The molecule has 11 heteroatoms. The van der Waals surface area contributed by atoms with Gasteiger partial charge in [0.2, 0.25) is 11.8 Å². The Labute approximate surface area is 232 Å². The van der Waals surface area contributed by atoms with Crippen LogP contribution < -0.4 is 9.62 Å². The molecule has 37 heavy (non-hydrogen) atoms. The third kappa shape index (κ3) is 6.96. The maximum atomic E-state index is 13.7. The van der Waals surface area contributed by atoms with E-state index in [4.69, 9.17) is 34.8 Å². The van der Waals surface area contributed by atoms with Crippen LogP contribution in [0, 0.1) is 6.92 Å². The van der Waals surface area contributed by atoms with Gasteiger partial charge in [0.15, 0.2) is 0 Å². The Kier molecular flexibility index (Phi) is 9.47. The number of likely N-dealkylation sites (N-methyl/N-ethyl adjacent to an activating group) is 1. The van der Waals surface area contributed by atoms with Crippen molar-refractivity contribution < 1.29 is 18.0 Å². The van der Waals surface area contributed by atoms with Gasteiger partial charge < -0.3 is 10.2 Å². The van der Waals surface area contributed by atoms with Gasteiger partial charge in [0, 0.05) is 18.6 Å². The normalized spacial score (nSPS) is 12.1. The van der Waals surface area contributed by atoms with Gasteiger partial charge >= 0.3 is 0 Å². The zero-order valence-electron chi connectivity index (χ0n) is 20.4. The largest absolute Gasteiger partial charge is 0.357 e. The van der Waals surface area contributed by atoms with Gasteiger partial charge in [-0.3, -0.25) is 13.9 Å². The van der Waals surface area contributed by atoms with E-state index in [0.29, 0.717) is 20.6 Å². The highest BCUT2D eigenvalue weighted by Gasteiger charge is 2.32. The lowest BCUT2D eigenvalue weighted by Crippen LogP contribution is -2.50. The maximum Gasteiger partial charge on any atom is 0.264 e. The first-order valence-electron chi connectivity index (χ1n) is 11.2. The second-order valence-electron chi connectivity index (χ2n) is 8.36. The molecule has 3 aromatic carbocycles. The van der Waals surface area contributed by atoms with Crippen molar-refractivity contribution in [2.45, 2.75) is 31.3 Å². The average Bonchev–Trinajstić information content (AvgIpc) is 2.87. The summed E-state index contributed by atoms with van der Waals surface area (Å²) in [6, 6.07) is 16.4. The molecule has 0 heterocycles. The Balaban J connectivity index is 2.03. The Morgan fingerprint density at radius 2 is 1.54 bits per heavy atom. The van der Waals surface area contributed by atoms with Gasteiger partial charge in [-0.2, -0.15) is 0 Å². The van der Waals surface area contributed by atoms with Crippen molar-refractivity contribution in [3.05, 3.63) is 92.9 Å². The predicted molar refractivity (Wildman–Crippen MR) is 148 cm³/mol. The van der Waals surface area contributed by atoms with E-state index in [1.807, 2.05) is 6.92 Å². The minimum atomic E-state index is -4.15. The van der Waals surface area contributed by atoms with Gasteiger partial charge in [-0.15, -0.1) is 0 Å². The molecule has 0 radical (unpaired) electrons. The van der Waals surface area contributed by atoms with Crippen LogP contribution in [0.2, 0.25) is 15.1 Å². The first-order chi connectivity index (χ1) is 17.4. The quantitative estimate of drug-likeness (QED) is 0.370. The average molecular weight is 583 g/mol. The number of rotatable bonds is 9. The Hall–Kier alpha value is -2.78. The highest BCUT2D eigenvalue weighted by molar-refractivity contribution is 7.92. The summed E-state index contributed by atoms with van der Waals surface area (Å²) in [4.78, 5) is 27.5. The zero-order valence-corrected chi connectivity index (χ0v) is 23.5. The number of nitrogens with zero attached hydrogens (tertiary/aromatic N) is 2. The number of halogens is 3. The predicted octanol–water partition coefficient (Wildman–Crippen LogP) is 5.31. The van der Waals surface area contributed by atoms with Crippen LogP contribution in [0.4, 0.5) is 5.69 Å². The number of hydrogen-bond acceptors (Lipinski definition) is 4. The number of hydrogen-bond donors (Lipinski definition) is 1. The molecule has 1 atom stereocenters. The summed E-state index contributed by atoms with van der Waals surface area (Å²) < 4.78 is 28.4. The number of nitrogens with one attached hydrogen (secondary N) is 1. The van der Waals surface area contributed by atoms with Crippen molar-refractivity contribution in [1.82, 2.24) is 10.2 Å². The van der Waals surface area contributed by atoms with Gasteiger partial charge in [0.1, 0.15) is 12.6 Å². The number of amides is 2. The molecule has 0 aromatic heterocycles. The van der Waals surface area contributed by atoms with Crippen molar-refractivity contribution in [3.63, 3.8) is 0 Å². The number of benzene rings is 3. The monoisotopic (exact) mass is 581 g/mol. The van der Waals surface area contributed by atoms with Gasteiger partial charge in [0.25, 0.3) is 10.0 Å². The maximum absolute atomic E-state index is 13.7. The minimum Gasteiger partial charge on any atom is -0.357 e. The van der Waals surface area contributed by atoms with Crippen LogP contribution in [0.5, 0.6) is 0 Å². The van der Waals surface area contributed by atoms with E-state index in [1.165, 1.54) is 36.2 Å². The summed E-state index contributed by atoms with van der Waals surface area (Å²) >= 11 is 18.2. The fourth-order valence-electron chi connectivity index (χ4n) is 3.60. The van der Waals surface area contributed by atoms with Crippen LogP contribution in [0.3, 0.4) is 0 Å². The molecule has 0 spiro atoms. The molecule has 196 valence electrons. The first kappa shape index (κ1) is 28.8. The summed E-state index contributed by atoms with van der Waals surface area (Å²) in [5.41, 5.74) is 1.76. The molecule has 0 aliphatic heterocycles. The van der Waals surface area contributed by atoms with E-state index in [-0.39, 0.29) is 17.1 Å². The Bertz CT molecular complexity index is 1380. The molecule has 0 fully saturated rings. The molecule has 2 amide bonds. The van der Waals surface area contributed by atoms with E-state index < -0.39 is 34.4 Å². The molecule has 0 bridgehead atoms. The molecule has 0 aliphatic rings. The van der Waals surface area contributed by atoms with Crippen molar-refractivity contribution >= 4 is 62.3 Å². The van der Waals surface area contributed by atoms with Crippen LogP contribution in [0.25, 0.3) is 0 Å². The van der Waals surface area contributed by atoms with Gasteiger partial charge in [-0.25, -0.2) is 8.42 Å². The van der Waals surface area contributed by atoms with Crippen LogP contribution in [0.1, 0.15) is 18.1 Å². The van der Waals surface area contributed by atoms with Crippen LogP contribution >= 0.6 is 34.8 Å². The van der Waals surface area contributed by atoms with Crippen molar-refractivity contribution in [3.8, 4) is 0 Å². The van der Waals surface area contributed by atoms with E-state index in [9.17, 15) is 18.0 Å². The molecule has 3 aromatic rings. The van der Waals surface area contributed by atoms with Crippen LogP contribution in [0.15, 0.2) is 71.6 Å². The Morgan fingerprint density at radius 1 is 0.919 bits per heavy atom. The molecule has 0 unspecified atom stereocenters. The number of aryl methyl sites for hydroxylation is 1. The standard InChI is InChI=1S/C26H26Cl3N3O4S/c1-17-4-11-22(12-5-17)37(35,36)32(21-9-7-20(27)8-10-21)16-25(33)31(18(2)26(34)30-3)15-19-6-13-23(28)24(29)14-19/h4-14,18H,15-16H2,1-3H3,(H,30,34)/t18-/m0/s1. The molecule has 1 N–H and O–H groups in total. The number of carbonyl (C=O) groups is 2. The molecule has 0 saturated carbocycles. The third-order valence-electron chi connectivity index (χ3n) is 5.75. The lowest BCUT2D eigenvalue weighted by Gasteiger charge is -2.31. The molecular weight excluding hydrogens is 557 g/mol. The molecule has 7 nitrogen and oxygen atoms in total. The number of anilines is 1. The summed E-state index contributed by atoms with van der Waals surface area (Å²) in [5, 5.41) is 3.59. The SMILES string of the molecule is CNC(=O)[C@H](C)N(Cc1ccc(Cl)c(Cl)c1)C(=O)CN(c1ccc(Cl)cc1)S(=O)(=O)c1ccc(C)cc1. The highest BCUT2D eigenvalue weighted by atomic mass is 35.5. The van der Waals surface area contributed by atoms with Crippen molar-refractivity contribution in [2.24, 2.45) is 0 Å². The van der Waals surface area contributed by atoms with E-state index in [0.717, 1.165) is 9.87 Å².